The van der Waals surface area contributed by atoms with Crippen molar-refractivity contribution >= 4 is 59.6 Å². The number of methoxy groups -OCH3 is 1. The van der Waals surface area contributed by atoms with Gasteiger partial charge in [0.2, 0.25) is 0 Å². The average molecular weight is 363 g/mol. The lowest BCUT2D eigenvalue weighted by molar-refractivity contribution is 0.415. The first-order valence-electron chi connectivity index (χ1n) is 6.51. The van der Waals surface area contributed by atoms with Gasteiger partial charge in [-0.3, -0.25) is 9.36 Å². The molecule has 0 aliphatic heterocycles. The van der Waals surface area contributed by atoms with E-state index in [2.05, 4.69) is 4.98 Å². The predicted octanol–water partition coefficient (Wildman–Crippen LogP) is 3.16. The fourth-order valence-electron chi connectivity index (χ4n) is 2.35. The molecule has 2 aromatic carbocycles. The summed E-state index contributed by atoms with van der Waals surface area (Å²) in [5.74, 6) is 0.383. The van der Waals surface area contributed by atoms with Crippen LogP contribution in [0.4, 0.5) is 0 Å². The highest BCUT2D eigenvalue weighted by molar-refractivity contribution is 7.71. The molecule has 0 unspecified atom stereocenters. The number of benzene rings is 2. The molecule has 0 amide bonds. The zero-order valence-electron chi connectivity index (χ0n) is 11.9. The molecule has 1 N–H and O–H groups in total. The van der Waals surface area contributed by atoms with Gasteiger partial charge in [-0.15, -0.1) is 0 Å². The number of fused-ring (bicyclic) bond motifs is 1. The zero-order chi connectivity index (χ0) is 16.7. The molecular formula is C15H9BCl2N2O2S. The third kappa shape index (κ3) is 2.67. The van der Waals surface area contributed by atoms with Gasteiger partial charge in [-0.2, -0.15) is 0 Å². The molecule has 0 fully saturated rings. The number of rotatable bonds is 2. The summed E-state index contributed by atoms with van der Waals surface area (Å²) in [4.78, 5) is 15.9. The van der Waals surface area contributed by atoms with Gasteiger partial charge in [-0.25, -0.2) is 0 Å². The van der Waals surface area contributed by atoms with Crippen LogP contribution in [0, 0.1) is 4.77 Å². The van der Waals surface area contributed by atoms with Crippen molar-refractivity contribution in [2.45, 2.75) is 0 Å². The van der Waals surface area contributed by atoms with Crippen molar-refractivity contribution in [1.82, 2.24) is 9.55 Å². The molecule has 23 heavy (non-hydrogen) atoms. The number of ether oxygens (including phenoxy) is 1. The molecule has 1 aromatic heterocycles. The van der Waals surface area contributed by atoms with E-state index in [0.717, 1.165) is 0 Å². The van der Waals surface area contributed by atoms with E-state index in [1.165, 1.54) is 17.7 Å². The second kappa shape index (κ2) is 6.04. The van der Waals surface area contributed by atoms with E-state index in [1.807, 2.05) is 0 Å². The molecule has 3 rings (SSSR count). The molecule has 0 saturated carbocycles. The standard InChI is InChI=1S/C15H9BCl2N2O2S/c1-22-12-6-11(8(17)5-9(12)18)20-14(21)13-7(16)3-2-4-10(13)19-15(20)23/h2-6H,1H3,(H,19,23). The Kier molecular flexibility index (Phi) is 4.23. The summed E-state index contributed by atoms with van der Waals surface area (Å²) >= 11 is 17.6. The minimum absolute atomic E-state index is 0.194. The first-order valence-corrected chi connectivity index (χ1v) is 7.67. The van der Waals surface area contributed by atoms with E-state index in [4.69, 9.17) is 48.0 Å². The summed E-state index contributed by atoms with van der Waals surface area (Å²) in [5, 5.41) is 0.946. The van der Waals surface area contributed by atoms with Gasteiger partial charge in [0.25, 0.3) is 5.56 Å². The number of halogens is 2. The molecule has 4 nitrogen and oxygen atoms in total. The van der Waals surface area contributed by atoms with Crippen LogP contribution < -0.4 is 15.8 Å². The van der Waals surface area contributed by atoms with Crippen LogP contribution in [0.5, 0.6) is 5.75 Å². The molecule has 1 heterocycles. The summed E-state index contributed by atoms with van der Waals surface area (Å²) in [6.45, 7) is 0. The molecule has 0 atom stereocenters. The molecule has 0 aliphatic rings. The third-order valence-electron chi connectivity index (χ3n) is 3.42. The maximum absolute atomic E-state index is 12.9. The highest BCUT2D eigenvalue weighted by atomic mass is 35.5. The lowest BCUT2D eigenvalue weighted by atomic mass is 9.92. The minimum atomic E-state index is -0.367. The van der Waals surface area contributed by atoms with Crippen LogP contribution in [0.25, 0.3) is 16.6 Å². The van der Waals surface area contributed by atoms with Crippen LogP contribution in [0.15, 0.2) is 35.1 Å². The van der Waals surface area contributed by atoms with Gasteiger partial charge in [0.1, 0.15) is 13.6 Å². The Balaban J connectivity index is 2.45. The van der Waals surface area contributed by atoms with Crippen molar-refractivity contribution in [1.29, 1.82) is 0 Å². The average Bonchev–Trinajstić information content (AvgIpc) is 2.49. The number of nitrogens with one attached hydrogen (secondary N) is 1. The van der Waals surface area contributed by atoms with E-state index in [9.17, 15) is 4.79 Å². The van der Waals surface area contributed by atoms with E-state index < -0.39 is 0 Å². The first kappa shape index (κ1) is 16.1. The number of H-pyrrole nitrogens is 1. The monoisotopic (exact) mass is 362 g/mol. The smallest absolute Gasteiger partial charge is 0.266 e. The van der Waals surface area contributed by atoms with Crippen molar-refractivity contribution in [2.75, 3.05) is 7.11 Å². The fourth-order valence-corrected chi connectivity index (χ4v) is 3.19. The van der Waals surface area contributed by atoms with E-state index in [0.29, 0.717) is 32.8 Å². The SMILES string of the molecule is [B]c1cccc2[nH]c(=S)n(-c3cc(OC)c(Cl)cc3Cl)c(=O)c12. The van der Waals surface area contributed by atoms with Crippen molar-refractivity contribution < 1.29 is 4.74 Å². The second-order valence-electron chi connectivity index (χ2n) is 4.78. The Morgan fingerprint density at radius 1 is 1.26 bits per heavy atom. The quantitative estimate of drug-likeness (QED) is 0.562. The molecule has 0 bridgehead atoms. The van der Waals surface area contributed by atoms with Gasteiger partial charge < -0.3 is 9.72 Å². The Labute approximate surface area is 148 Å². The minimum Gasteiger partial charge on any atom is -0.495 e. The van der Waals surface area contributed by atoms with Gasteiger partial charge >= 0.3 is 0 Å². The number of aromatic nitrogens is 2. The number of hydrogen-bond acceptors (Lipinski definition) is 3. The van der Waals surface area contributed by atoms with E-state index in [1.54, 1.807) is 24.3 Å². The van der Waals surface area contributed by atoms with Gasteiger partial charge in [0.15, 0.2) is 4.77 Å². The zero-order valence-corrected chi connectivity index (χ0v) is 14.2. The van der Waals surface area contributed by atoms with Crippen molar-refractivity contribution in [3.8, 4) is 11.4 Å². The van der Waals surface area contributed by atoms with E-state index in [-0.39, 0.29) is 15.4 Å². The maximum Gasteiger partial charge on any atom is 0.266 e. The molecule has 2 radical (unpaired) electrons. The molecule has 0 spiro atoms. The van der Waals surface area contributed by atoms with Crippen LogP contribution in [0.1, 0.15) is 0 Å². The molecule has 0 saturated heterocycles. The Morgan fingerprint density at radius 3 is 2.70 bits per heavy atom. The van der Waals surface area contributed by atoms with Crippen LogP contribution in [0.2, 0.25) is 10.0 Å². The van der Waals surface area contributed by atoms with Gasteiger partial charge in [0.05, 0.1) is 33.7 Å². The van der Waals surface area contributed by atoms with Crippen molar-refractivity contribution in [3.05, 3.63) is 55.5 Å². The Hall–Kier alpha value is -1.76. The fraction of sp³-hybridized carbons (Fsp3) is 0.0667. The number of hydrogen-bond donors (Lipinski definition) is 1. The summed E-state index contributed by atoms with van der Waals surface area (Å²) in [6.07, 6.45) is 0. The number of nitrogens with zero attached hydrogens (tertiary/aromatic N) is 1. The highest BCUT2D eigenvalue weighted by Crippen LogP contribution is 2.32. The largest absolute Gasteiger partial charge is 0.495 e. The lowest BCUT2D eigenvalue weighted by Crippen LogP contribution is -2.25. The van der Waals surface area contributed by atoms with Crippen LogP contribution in [-0.2, 0) is 0 Å². The number of aromatic amines is 1. The Morgan fingerprint density at radius 2 is 2.00 bits per heavy atom. The molecular weight excluding hydrogens is 354 g/mol. The molecule has 114 valence electrons. The first-order chi connectivity index (χ1) is 10.9. The van der Waals surface area contributed by atoms with Crippen molar-refractivity contribution in [2.24, 2.45) is 0 Å². The lowest BCUT2D eigenvalue weighted by Gasteiger charge is -2.13. The topological polar surface area (TPSA) is 47.0 Å². The summed E-state index contributed by atoms with van der Waals surface area (Å²) in [5.41, 5.74) is 0.912. The Bertz CT molecular complexity index is 1050. The van der Waals surface area contributed by atoms with Gasteiger partial charge in [-0.05, 0) is 24.4 Å². The van der Waals surface area contributed by atoms with Crippen LogP contribution in [-0.4, -0.2) is 24.5 Å². The summed E-state index contributed by atoms with van der Waals surface area (Å²) in [7, 11) is 7.40. The summed E-state index contributed by atoms with van der Waals surface area (Å²) < 4.78 is 6.65. The highest BCUT2D eigenvalue weighted by Gasteiger charge is 2.14. The van der Waals surface area contributed by atoms with E-state index >= 15 is 0 Å². The van der Waals surface area contributed by atoms with Crippen LogP contribution in [0.3, 0.4) is 0 Å². The third-order valence-corrected chi connectivity index (χ3v) is 4.30. The van der Waals surface area contributed by atoms with Crippen LogP contribution >= 0.6 is 35.4 Å². The molecule has 3 aromatic rings. The van der Waals surface area contributed by atoms with Gasteiger partial charge in [-0.1, -0.05) is 40.8 Å². The second-order valence-corrected chi connectivity index (χ2v) is 5.98. The predicted molar refractivity (Wildman–Crippen MR) is 96.7 cm³/mol. The normalized spacial score (nSPS) is 10.9. The van der Waals surface area contributed by atoms with Crippen molar-refractivity contribution in [3.63, 3.8) is 0 Å². The van der Waals surface area contributed by atoms with Gasteiger partial charge in [0, 0.05) is 6.07 Å². The summed E-state index contributed by atoms with van der Waals surface area (Å²) in [6, 6.07) is 8.18. The molecule has 8 heteroatoms. The maximum atomic E-state index is 12.9. The molecule has 0 aliphatic carbocycles.